The first-order valence-electron chi connectivity index (χ1n) is 6.28. The van der Waals surface area contributed by atoms with Crippen molar-refractivity contribution in [3.8, 4) is 0 Å². The molecule has 0 spiro atoms. The highest BCUT2D eigenvalue weighted by molar-refractivity contribution is 5.41. The van der Waals surface area contributed by atoms with Crippen LogP contribution < -0.4 is 10.9 Å². The zero-order valence-electron chi connectivity index (χ0n) is 11.3. The van der Waals surface area contributed by atoms with Gasteiger partial charge in [-0.3, -0.25) is 0 Å². The molecular formula is C15H14F4N2. The van der Waals surface area contributed by atoms with E-state index in [1.165, 1.54) is 13.0 Å². The van der Waals surface area contributed by atoms with Crippen LogP contribution in [0.3, 0.4) is 0 Å². The molecule has 2 aromatic carbocycles. The summed E-state index contributed by atoms with van der Waals surface area (Å²) in [5.74, 6) is -1.22. The van der Waals surface area contributed by atoms with E-state index in [4.69, 9.17) is 0 Å². The van der Waals surface area contributed by atoms with E-state index in [-0.39, 0.29) is 12.1 Å². The largest absolute Gasteiger partial charge is 0.419 e. The second-order valence-electron chi connectivity index (χ2n) is 4.62. The van der Waals surface area contributed by atoms with Gasteiger partial charge in [0.05, 0.1) is 5.56 Å². The number of hydrogen-bond donors (Lipinski definition) is 2. The maximum atomic E-state index is 13.5. The summed E-state index contributed by atoms with van der Waals surface area (Å²) in [6.45, 7) is 1.46. The van der Waals surface area contributed by atoms with Gasteiger partial charge in [-0.05, 0) is 36.2 Å². The van der Waals surface area contributed by atoms with Gasteiger partial charge in [-0.15, -0.1) is 0 Å². The van der Waals surface area contributed by atoms with Crippen LogP contribution in [-0.2, 0) is 12.7 Å². The molecule has 2 aromatic rings. The van der Waals surface area contributed by atoms with Gasteiger partial charge in [0.1, 0.15) is 5.82 Å². The number of aryl methyl sites for hydroxylation is 1. The van der Waals surface area contributed by atoms with Crippen molar-refractivity contribution in [1.29, 1.82) is 0 Å². The lowest BCUT2D eigenvalue weighted by molar-refractivity contribution is -0.140. The summed E-state index contributed by atoms with van der Waals surface area (Å²) in [5, 5.41) is 0. The summed E-state index contributed by atoms with van der Waals surface area (Å²) in [7, 11) is 0. The number of halogens is 4. The standard InChI is InChI=1S/C15H14F4N2/c1-10-7-11(8-13(14(10)16)15(17,18)19)9-20-21-12-5-3-2-4-6-12/h2-8,20-21H,9H2,1H3. The number of alkyl halides is 3. The number of hydrogen-bond acceptors (Lipinski definition) is 2. The Labute approximate surface area is 119 Å². The molecule has 0 aliphatic heterocycles. The van der Waals surface area contributed by atoms with Crippen LogP contribution in [0.15, 0.2) is 42.5 Å². The van der Waals surface area contributed by atoms with E-state index in [1.54, 1.807) is 0 Å². The first-order chi connectivity index (χ1) is 9.88. The minimum atomic E-state index is -4.70. The van der Waals surface area contributed by atoms with Crippen molar-refractivity contribution in [2.24, 2.45) is 0 Å². The average molecular weight is 298 g/mol. The molecule has 0 saturated carbocycles. The summed E-state index contributed by atoms with van der Waals surface area (Å²) < 4.78 is 51.7. The van der Waals surface area contributed by atoms with E-state index >= 15 is 0 Å². The molecule has 0 amide bonds. The van der Waals surface area contributed by atoms with Gasteiger partial charge in [-0.2, -0.15) is 13.2 Å². The second kappa shape index (κ2) is 6.13. The Bertz CT molecular complexity index is 609. The lowest BCUT2D eigenvalue weighted by atomic mass is 10.1. The van der Waals surface area contributed by atoms with Crippen LogP contribution in [0.2, 0.25) is 0 Å². The smallest absolute Gasteiger partial charge is 0.321 e. The van der Waals surface area contributed by atoms with Gasteiger partial charge >= 0.3 is 6.18 Å². The monoisotopic (exact) mass is 298 g/mol. The highest BCUT2D eigenvalue weighted by atomic mass is 19.4. The van der Waals surface area contributed by atoms with E-state index in [1.807, 2.05) is 30.3 Å². The molecule has 2 nitrogen and oxygen atoms in total. The Morgan fingerprint density at radius 2 is 1.71 bits per heavy atom. The molecule has 0 bridgehead atoms. The van der Waals surface area contributed by atoms with Crippen LogP contribution >= 0.6 is 0 Å². The Kier molecular flexibility index (Phi) is 4.47. The van der Waals surface area contributed by atoms with Crippen molar-refractivity contribution in [2.45, 2.75) is 19.6 Å². The molecule has 0 unspecified atom stereocenters. The Morgan fingerprint density at radius 1 is 1.05 bits per heavy atom. The summed E-state index contributed by atoms with van der Waals surface area (Å²) >= 11 is 0. The number of nitrogens with one attached hydrogen (secondary N) is 2. The molecular weight excluding hydrogens is 284 g/mol. The molecule has 0 radical (unpaired) electrons. The van der Waals surface area contributed by atoms with E-state index < -0.39 is 17.6 Å². The molecule has 0 aromatic heterocycles. The van der Waals surface area contributed by atoms with Crippen molar-refractivity contribution < 1.29 is 17.6 Å². The fraction of sp³-hybridized carbons (Fsp3) is 0.200. The van der Waals surface area contributed by atoms with E-state index in [2.05, 4.69) is 10.9 Å². The Hall–Kier alpha value is -2.08. The van der Waals surface area contributed by atoms with Crippen LogP contribution in [0.1, 0.15) is 16.7 Å². The minimum absolute atomic E-state index is 0.0265. The fourth-order valence-electron chi connectivity index (χ4n) is 1.92. The van der Waals surface area contributed by atoms with Crippen molar-refractivity contribution in [1.82, 2.24) is 5.43 Å². The summed E-state index contributed by atoms with van der Waals surface area (Å²) in [5.41, 5.74) is 5.54. The van der Waals surface area contributed by atoms with Gasteiger partial charge in [-0.1, -0.05) is 24.3 Å². The highest BCUT2D eigenvalue weighted by Crippen LogP contribution is 2.33. The van der Waals surface area contributed by atoms with Gasteiger partial charge in [0.15, 0.2) is 0 Å². The number of para-hydroxylation sites is 1. The predicted octanol–water partition coefficient (Wildman–Crippen LogP) is 4.27. The van der Waals surface area contributed by atoms with Crippen LogP contribution in [0.25, 0.3) is 0 Å². The number of anilines is 1. The number of benzene rings is 2. The normalized spacial score (nSPS) is 11.5. The third kappa shape index (κ3) is 3.95. The van der Waals surface area contributed by atoms with Crippen LogP contribution in [0, 0.1) is 12.7 Å². The first-order valence-corrected chi connectivity index (χ1v) is 6.28. The van der Waals surface area contributed by atoms with Gasteiger partial charge in [0.25, 0.3) is 0 Å². The van der Waals surface area contributed by atoms with Crippen molar-refractivity contribution in [3.05, 3.63) is 65.0 Å². The van der Waals surface area contributed by atoms with E-state index in [9.17, 15) is 17.6 Å². The van der Waals surface area contributed by atoms with Gasteiger partial charge in [-0.25, -0.2) is 9.82 Å². The molecule has 0 atom stereocenters. The maximum Gasteiger partial charge on any atom is 0.419 e. The van der Waals surface area contributed by atoms with Crippen molar-refractivity contribution >= 4 is 5.69 Å². The van der Waals surface area contributed by atoms with Crippen LogP contribution in [0.5, 0.6) is 0 Å². The Balaban J connectivity index is 2.09. The third-order valence-electron chi connectivity index (χ3n) is 2.92. The lowest BCUT2D eigenvalue weighted by Gasteiger charge is -2.13. The lowest BCUT2D eigenvalue weighted by Crippen LogP contribution is -2.21. The molecule has 2 N–H and O–H groups in total. The summed E-state index contributed by atoms with van der Waals surface area (Å²) in [4.78, 5) is 0. The molecule has 0 saturated heterocycles. The van der Waals surface area contributed by atoms with Gasteiger partial charge in [0, 0.05) is 12.2 Å². The molecule has 0 heterocycles. The van der Waals surface area contributed by atoms with Gasteiger partial charge < -0.3 is 5.43 Å². The van der Waals surface area contributed by atoms with Crippen molar-refractivity contribution in [2.75, 3.05) is 5.43 Å². The summed E-state index contributed by atoms with van der Waals surface area (Å²) in [6.07, 6.45) is -4.70. The topological polar surface area (TPSA) is 24.1 Å². The maximum absolute atomic E-state index is 13.5. The molecule has 0 aliphatic rings. The zero-order chi connectivity index (χ0) is 15.5. The first kappa shape index (κ1) is 15.3. The predicted molar refractivity (Wildman–Crippen MR) is 73.0 cm³/mol. The SMILES string of the molecule is Cc1cc(CNNc2ccccc2)cc(C(F)(F)F)c1F. The van der Waals surface area contributed by atoms with Crippen molar-refractivity contribution in [3.63, 3.8) is 0 Å². The average Bonchev–Trinajstić information content (AvgIpc) is 2.42. The highest BCUT2D eigenvalue weighted by Gasteiger charge is 2.35. The Morgan fingerprint density at radius 3 is 2.33 bits per heavy atom. The number of hydrazine groups is 1. The quantitative estimate of drug-likeness (QED) is 0.650. The van der Waals surface area contributed by atoms with Gasteiger partial charge in [0.2, 0.25) is 0 Å². The zero-order valence-corrected chi connectivity index (χ0v) is 11.3. The molecule has 21 heavy (non-hydrogen) atoms. The second-order valence-corrected chi connectivity index (χ2v) is 4.62. The van der Waals surface area contributed by atoms with E-state index in [0.717, 1.165) is 11.8 Å². The fourth-order valence-corrected chi connectivity index (χ4v) is 1.92. The van der Waals surface area contributed by atoms with Crippen LogP contribution in [0.4, 0.5) is 23.2 Å². The molecule has 0 aliphatic carbocycles. The van der Waals surface area contributed by atoms with Crippen LogP contribution in [-0.4, -0.2) is 0 Å². The molecule has 6 heteroatoms. The number of rotatable bonds is 4. The van der Waals surface area contributed by atoms with E-state index in [0.29, 0.717) is 5.56 Å². The third-order valence-corrected chi connectivity index (χ3v) is 2.92. The minimum Gasteiger partial charge on any atom is -0.321 e. The molecule has 2 rings (SSSR count). The molecule has 0 fully saturated rings. The molecule has 112 valence electrons. The summed E-state index contributed by atoms with van der Waals surface area (Å²) in [6, 6.07) is 11.3.